The third kappa shape index (κ3) is 5.74. The van der Waals surface area contributed by atoms with Crippen LogP contribution in [0.25, 0.3) is 0 Å². The van der Waals surface area contributed by atoms with Gasteiger partial charge in [-0.05, 0) is 13.3 Å². The van der Waals surface area contributed by atoms with Crippen molar-refractivity contribution < 1.29 is 24.2 Å². The van der Waals surface area contributed by atoms with Crippen molar-refractivity contribution in [3.63, 3.8) is 0 Å². The molecule has 0 spiro atoms. The minimum Gasteiger partial charge on any atom is -0.480 e. The largest absolute Gasteiger partial charge is 0.480 e. The highest BCUT2D eigenvalue weighted by Gasteiger charge is 2.22. The van der Waals surface area contributed by atoms with Crippen molar-refractivity contribution in [2.45, 2.75) is 25.8 Å². The zero-order valence-corrected chi connectivity index (χ0v) is 10.2. The Hall–Kier alpha value is -1.79. The fraction of sp³-hybridized carbons (Fsp3) is 0.700. The van der Waals surface area contributed by atoms with E-state index in [0.717, 1.165) is 0 Å². The number of methoxy groups -OCH3 is 1. The molecule has 0 aliphatic heterocycles. The molecule has 0 aromatic carbocycles. The van der Waals surface area contributed by atoms with Crippen LogP contribution in [0.1, 0.15) is 19.8 Å². The summed E-state index contributed by atoms with van der Waals surface area (Å²) < 4.78 is 4.40. The van der Waals surface area contributed by atoms with E-state index in [2.05, 4.69) is 10.1 Å². The molecule has 2 amide bonds. The molecular weight excluding hydrogens is 228 g/mol. The number of carbonyl (C=O) groups is 3. The van der Waals surface area contributed by atoms with E-state index >= 15 is 0 Å². The number of nitrogens with zero attached hydrogens (tertiary/aromatic N) is 1. The predicted molar refractivity (Wildman–Crippen MR) is 59.5 cm³/mol. The summed E-state index contributed by atoms with van der Waals surface area (Å²) in [6, 6.07) is -1.57. The summed E-state index contributed by atoms with van der Waals surface area (Å²) in [5.74, 6) is -1.68. The van der Waals surface area contributed by atoms with Crippen molar-refractivity contribution in [2.75, 3.05) is 20.7 Å². The Morgan fingerprint density at radius 3 is 2.41 bits per heavy atom. The number of ether oxygens (including phenoxy) is 1. The van der Waals surface area contributed by atoms with E-state index in [4.69, 9.17) is 5.11 Å². The topological polar surface area (TPSA) is 95.9 Å². The number of carbonyl (C=O) groups excluding carboxylic acids is 2. The second-order valence-electron chi connectivity index (χ2n) is 3.47. The minimum absolute atomic E-state index is 0.00526. The van der Waals surface area contributed by atoms with E-state index < -0.39 is 24.0 Å². The number of esters is 1. The van der Waals surface area contributed by atoms with Gasteiger partial charge in [0.1, 0.15) is 6.04 Å². The maximum atomic E-state index is 11.4. The highest BCUT2D eigenvalue weighted by Crippen LogP contribution is 2.00. The lowest BCUT2D eigenvalue weighted by Crippen LogP contribution is -2.46. The zero-order valence-electron chi connectivity index (χ0n) is 10.2. The maximum Gasteiger partial charge on any atom is 0.326 e. The number of aliphatic carboxylic acids is 1. The van der Waals surface area contributed by atoms with Gasteiger partial charge in [0.15, 0.2) is 0 Å². The second kappa shape index (κ2) is 7.48. The summed E-state index contributed by atoms with van der Waals surface area (Å²) >= 11 is 0. The number of carboxylic acid groups (broad SMARTS) is 1. The number of hydrogen-bond acceptors (Lipinski definition) is 4. The number of rotatable bonds is 6. The molecule has 1 atom stereocenters. The van der Waals surface area contributed by atoms with E-state index in [1.807, 2.05) is 0 Å². The summed E-state index contributed by atoms with van der Waals surface area (Å²) in [6.45, 7) is 2.24. The minimum atomic E-state index is -1.17. The standard InChI is InChI=1S/C10H18N2O5/c1-4-12(2)10(16)11-7(9(14)15)5-6-8(13)17-3/h7H,4-6H2,1-3H3,(H,11,16)(H,14,15). The van der Waals surface area contributed by atoms with Gasteiger partial charge in [-0.1, -0.05) is 0 Å². The molecule has 0 heterocycles. The second-order valence-corrected chi connectivity index (χ2v) is 3.47. The molecule has 0 aliphatic rings. The summed E-state index contributed by atoms with van der Waals surface area (Å²) in [7, 11) is 2.77. The summed E-state index contributed by atoms with van der Waals surface area (Å²) in [6.07, 6.45) is -0.0467. The lowest BCUT2D eigenvalue weighted by molar-refractivity contribution is -0.142. The van der Waals surface area contributed by atoms with Gasteiger partial charge in [0.2, 0.25) is 0 Å². The molecule has 0 radical (unpaired) electrons. The molecule has 1 unspecified atom stereocenters. The number of amides is 2. The normalized spacial score (nSPS) is 11.5. The van der Waals surface area contributed by atoms with Gasteiger partial charge in [-0.2, -0.15) is 0 Å². The van der Waals surface area contributed by atoms with Gasteiger partial charge in [-0.25, -0.2) is 9.59 Å². The van der Waals surface area contributed by atoms with E-state index in [-0.39, 0.29) is 12.8 Å². The Morgan fingerprint density at radius 1 is 1.41 bits per heavy atom. The molecule has 7 heteroatoms. The molecule has 17 heavy (non-hydrogen) atoms. The average Bonchev–Trinajstić information content (AvgIpc) is 2.31. The van der Waals surface area contributed by atoms with Crippen LogP contribution in [-0.2, 0) is 14.3 Å². The van der Waals surface area contributed by atoms with Gasteiger partial charge in [-0.3, -0.25) is 4.79 Å². The first-order chi connectivity index (χ1) is 7.92. The van der Waals surface area contributed by atoms with Crippen LogP contribution in [0.3, 0.4) is 0 Å². The van der Waals surface area contributed by atoms with Gasteiger partial charge in [0, 0.05) is 20.0 Å². The third-order valence-corrected chi connectivity index (χ3v) is 2.28. The summed E-state index contributed by atoms with van der Waals surface area (Å²) in [4.78, 5) is 34.5. The van der Waals surface area contributed by atoms with Crippen LogP contribution in [0.2, 0.25) is 0 Å². The summed E-state index contributed by atoms with van der Waals surface area (Å²) in [5.41, 5.74) is 0. The fourth-order valence-electron chi connectivity index (χ4n) is 1.02. The molecular formula is C10H18N2O5. The molecule has 0 rings (SSSR count). The first kappa shape index (κ1) is 15.2. The van der Waals surface area contributed by atoms with Gasteiger partial charge in [0.05, 0.1) is 7.11 Å². The average molecular weight is 246 g/mol. The number of urea groups is 1. The smallest absolute Gasteiger partial charge is 0.326 e. The summed E-state index contributed by atoms with van der Waals surface area (Å²) in [5, 5.41) is 11.2. The SMILES string of the molecule is CCN(C)C(=O)NC(CCC(=O)OC)C(=O)O. The zero-order chi connectivity index (χ0) is 13.4. The first-order valence-electron chi connectivity index (χ1n) is 5.23. The molecule has 0 aliphatic carbocycles. The van der Waals surface area contributed by atoms with Gasteiger partial charge in [0.25, 0.3) is 0 Å². The Labute approximate surface area is 99.7 Å². The van der Waals surface area contributed by atoms with E-state index in [0.29, 0.717) is 6.54 Å². The molecule has 7 nitrogen and oxygen atoms in total. The van der Waals surface area contributed by atoms with Crippen LogP contribution >= 0.6 is 0 Å². The fourth-order valence-corrected chi connectivity index (χ4v) is 1.02. The monoisotopic (exact) mass is 246 g/mol. The molecule has 98 valence electrons. The van der Waals surface area contributed by atoms with Crippen LogP contribution in [0.5, 0.6) is 0 Å². The van der Waals surface area contributed by atoms with Crippen LogP contribution in [0, 0.1) is 0 Å². The molecule has 0 fully saturated rings. The Morgan fingerprint density at radius 2 is 2.00 bits per heavy atom. The maximum absolute atomic E-state index is 11.4. The van der Waals surface area contributed by atoms with Gasteiger partial charge < -0.3 is 20.1 Å². The molecule has 2 N–H and O–H groups in total. The van der Waals surface area contributed by atoms with Crippen molar-refractivity contribution >= 4 is 18.0 Å². The van der Waals surface area contributed by atoms with Crippen molar-refractivity contribution in [1.29, 1.82) is 0 Å². The number of carboxylic acids is 1. The Kier molecular flexibility index (Phi) is 6.69. The molecule has 0 aromatic heterocycles. The lowest BCUT2D eigenvalue weighted by atomic mass is 10.1. The molecule has 0 aromatic rings. The first-order valence-corrected chi connectivity index (χ1v) is 5.23. The van der Waals surface area contributed by atoms with E-state index in [1.54, 1.807) is 14.0 Å². The van der Waals surface area contributed by atoms with Gasteiger partial charge >= 0.3 is 18.0 Å². The van der Waals surface area contributed by atoms with E-state index in [1.165, 1.54) is 12.0 Å². The Balaban J connectivity index is 4.30. The lowest BCUT2D eigenvalue weighted by Gasteiger charge is -2.19. The van der Waals surface area contributed by atoms with Crippen molar-refractivity contribution in [2.24, 2.45) is 0 Å². The van der Waals surface area contributed by atoms with Crippen LogP contribution in [0.15, 0.2) is 0 Å². The Bertz CT molecular complexity index is 292. The molecule has 0 bridgehead atoms. The van der Waals surface area contributed by atoms with Gasteiger partial charge in [-0.15, -0.1) is 0 Å². The third-order valence-electron chi connectivity index (χ3n) is 2.28. The molecule has 0 saturated heterocycles. The number of hydrogen-bond donors (Lipinski definition) is 2. The quantitative estimate of drug-likeness (QED) is 0.646. The van der Waals surface area contributed by atoms with Crippen LogP contribution in [-0.4, -0.2) is 54.7 Å². The highest BCUT2D eigenvalue weighted by molar-refractivity contribution is 5.83. The molecule has 0 saturated carbocycles. The predicted octanol–water partition coefficient (Wildman–Crippen LogP) is 0.0541. The van der Waals surface area contributed by atoms with Crippen LogP contribution < -0.4 is 5.32 Å². The van der Waals surface area contributed by atoms with Crippen LogP contribution in [0.4, 0.5) is 4.79 Å². The van der Waals surface area contributed by atoms with E-state index in [9.17, 15) is 14.4 Å². The number of nitrogens with one attached hydrogen (secondary N) is 1. The van der Waals surface area contributed by atoms with Crippen molar-refractivity contribution in [1.82, 2.24) is 10.2 Å². The van der Waals surface area contributed by atoms with Crippen molar-refractivity contribution in [3.05, 3.63) is 0 Å². The van der Waals surface area contributed by atoms with Crippen molar-refractivity contribution in [3.8, 4) is 0 Å². The highest BCUT2D eigenvalue weighted by atomic mass is 16.5.